The maximum atomic E-state index is 12.9. The second kappa shape index (κ2) is 12.9. The van der Waals surface area contributed by atoms with Crippen molar-refractivity contribution in [2.24, 2.45) is 5.92 Å². The number of piperazine rings is 1. The second-order valence-electron chi connectivity index (χ2n) is 9.19. The SMILES string of the molecule is CCOC(=O)N1CCN(C(=O)C(CCNC(=O)c2cc(OCc3cc(C)on3)c3ccccc3n2)C(=O)O)CC1. The van der Waals surface area contributed by atoms with Gasteiger partial charge in [-0.15, -0.1) is 0 Å². The molecule has 1 saturated heterocycles. The number of hydrogen-bond acceptors (Lipinski definition) is 9. The molecule has 3 amide bonds. The first-order valence-electron chi connectivity index (χ1n) is 12.9. The smallest absolute Gasteiger partial charge is 0.409 e. The van der Waals surface area contributed by atoms with Gasteiger partial charge in [0.15, 0.2) is 0 Å². The molecule has 40 heavy (non-hydrogen) atoms. The minimum absolute atomic E-state index is 0.0623. The standard InChI is InChI=1S/C27H31N5O8/c1-3-38-27(37)32-12-10-31(11-13-32)25(34)20(26(35)36)8-9-28-24(33)22-15-23(19-6-4-5-7-21(19)29-22)39-16-18-14-17(2)40-30-18/h4-7,14-15,20H,3,8-13,16H2,1-2H3,(H,28,33)(H,35,36). The van der Waals surface area contributed by atoms with Crippen LogP contribution in [0.3, 0.4) is 0 Å². The van der Waals surface area contributed by atoms with E-state index in [1.807, 2.05) is 12.1 Å². The van der Waals surface area contributed by atoms with E-state index in [2.05, 4.69) is 15.5 Å². The molecule has 3 heterocycles. The summed E-state index contributed by atoms with van der Waals surface area (Å²) in [7, 11) is 0. The van der Waals surface area contributed by atoms with Crippen molar-refractivity contribution in [3.05, 3.63) is 53.5 Å². The van der Waals surface area contributed by atoms with Crippen LogP contribution in [-0.2, 0) is 20.9 Å². The Bertz CT molecular complexity index is 1380. The Hall–Kier alpha value is -4.68. The first-order valence-corrected chi connectivity index (χ1v) is 12.9. The summed E-state index contributed by atoms with van der Waals surface area (Å²) in [5.74, 6) is -2.65. The molecule has 2 N–H and O–H groups in total. The highest BCUT2D eigenvalue weighted by atomic mass is 16.6. The third kappa shape index (κ3) is 6.84. The number of fused-ring (bicyclic) bond motifs is 1. The van der Waals surface area contributed by atoms with Crippen LogP contribution in [0.25, 0.3) is 10.9 Å². The molecule has 1 unspecified atom stereocenters. The number of aromatic nitrogens is 2. The molecule has 0 saturated carbocycles. The Morgan fingerprint density at radius 1 is 1.10 bits per heavy atom. The highest BCUT2D eigenvalue weighted by Gasteiger charge is 2.33. The molecule has 0 spiro atoms. The summed E-state index contributed by atoms with van der Waals surface area (Å²) >= 11 is 0. The van der Waals surface area contributed by atoms with Gasteiger partial charge in [-0.05, 0) is 32.4 Å². The number of para-hydroxylation sites is 1. The lowest BCUT2D eigenvalue weighted by molar-refractivity contribution is -0.152. The predicted molar refractivity (Wildman–Crippen MR) is 141 cm³/mol. The molecule has 1 fully saturated rings. The summed E-state index contributed by atoms with van der Waals surface area (Å²) in [6.45, 7) is 4.70. The van der Waals surface area contributed by atoms with Crippen LogP contribution in [0.15, 0.2) is 40.9 Å². The van der Waals surface area contributed by atoms with Gasteiger partial charge < -0.3 is 34.2 Å². The minimum atomic E-state index is -1.34. The predicted octanol–water partition coefficient (Wildman–Crippen LogP) is 2.23. The van der Waals surface area contributed by atoms with Crippen LogP contribution in [0.5, 0.6) is 5.75 Å². The van der Waals surface area contributed by atoms with Crippen molar-refractivity contribution in [3.63, 3.8) is 0 Å². The Labute approximate surface area is 230 Å². The van der Waals surface area contributed by atoms with Crippen LogP contribution >= 0.6 is 0 Å². The summed E-state index contributed by atoms with van der Waals surface area (Å²) in [6, 6.07) is 10.4. The van der Waals surface area contributed by atoms with Gasteiger partial charge in [0, 0.05) is 50.2 Å². The van der Waals surface area contributed by atoms with Gasteiger partial charge in [-0.3, -0.25) is 14.4 Å². The van der Waals surface area contributed by atoms with Crippen LogP contribution in [0, 0.1) is 12.8 Å². The number of carboxylic acids is 1. The molecule has 1 aliphatic heterocycles. The fourth-order valence-electron chi connectivity index (χ4n) is 4.33. The van der Waals surface area contributed by atoms with E-state index in [1.165, 1.54) is 15.9 Å². The zero-order chi connectivity index (χ0) is 28.6. The molecular formula is C27H31N5O8. The quantitative estimate of drug-likeness (QED) is 0.356. The number of rotatable bonds is 10. The molecule has 0 bridgehead atoms. The average Bonchev–Trinajstić information content (AvgIpc) is 3.38. The van der Waals surface area contributed by atoms with E-state index < -0.39 is 29.8 Å². The summed E-state index contributed by atoms with van der Waals surface area (Å²) in [5.41, 5.74) is 1.22. The Morgan fingerprint density at radius 3 is 2.50 bits per heavy atom. The molecule has 13 heteroatoms. The van der Waals surface area contributed by atoms with Gasteiger partial charge in [-0.25, -0.2) is 9.78 Å². The third-order valence-electron chi connectivity index (χ3n) is 6.40. The molecule has 212 valence electrons. The highest BCUT2D eigenvalue weighted by molar-refractivity contribution is 5.98. The number of aliphatic carboxylic acids is 1. The van der Waals surface area contributed by atoms with Crippen LogP contribution in [-0.4, -0.2) is 88.3 Å². The van der Waals surface area contributed by atoms with Crippen molar-refractivity contribution in [2.75, 3.05) is 39.3 Å². The van der Waals surface area contributed by atoms with E-state index in [0.29, 0.717) is 28.1 Å². The number of hydrogen-bond donors (Lipinski definition) is 2. The normalized spacial score (nSPS) is 14.1. The molecule has 3 aromatic rings. The number of pyridine rings is 1. The molecule has 1 atom stereocenters. The van der Waals surface area contributed by atoms with E-state index in [-0.39, 0.29) is 58.1 Å². The van der Waals surface area contributed by atoms with E-state index in [4.69, 9.17) is 14.0 Å². The van der Waals surface area contributed by atoms with E-state index in [1.54, 1.807) is 32.0 Å². The lowest BCUT2D eigenvalue weighted by Crippen LogP contribution is -2.53. The highest BCUT2D eigenvalue weighted by Crippen LogP contribution is 2.26. The van der Waals surface area contributed by atoms with Crippen LogP contribution in [0.4, 0.5) is 4.79 Å². The Kier molecular flexibility index (Phi) is 9.15. The van der Waals surface area contributed by atoms with Gasteiger partial charge in [0.1, 0.15) is 35.4 Å². The topological polar surface area (TPSA) is 164 Å². The first kappa shape index (κ1) is 28.3. The zero-order valence-corrected chi connectivity index (χ0v) is 22.3. The lowest BCUT2D eigenvalue weighted by atomic mass is 10.0. The van der Waals surface area contributed by atoms with Crippen molar-refractivity contribution in [1.29, 1.82) is 0 Å². The van der Waals surface area contributed by atoms with Gasteiger partial charge in [0.25, 0.3) is 5.91 Å². The van der Waals surface area contributed by atoms with Gasteiger partial charge in [0.05, 0.1) is 12.1 Å². The number of nitrogens with one attached hydrogen (secondary N) is 1. The van der Waals surface area contributed by atoms with Gasteiger partial charge in [-0.1, -0.05) is 17.3 Å². The summed E-state index contributed by atoms with van der Waals surface area (Å²) < 4.78 is 16.0. The fourth-order valence-corrected chi connectivity index (χ4v) is 4.33. The van der Waals surface area contributed by atoms with E-state index >= 15 is 0 Å². The molecule has 13 nitrogen and oxygen atoms in total. The van der Waals surface area contributed by atoms with Crippen LogP contribution in [0.2, 0.25) is 0 Å². The van der Waals surface area contributed by atoms with E-state index in [9.17, 15) is 24.3 Å². The maximum Gasteiger partial charge on any atom is 0.409 e. The van der Waals surface area contributed by atoms with Crippen molar-refractivity contribution >= 4 is 34.8 Å². The number of carbonyl (C=O) groups is 4. The van der Waals surface area contributed by atoms with Gasteiger partial charge in [-0.2, -0.15) is 0 Å². The first-order chi connectivity index (χ1) is 19.3. The number of aryl methyl sites for hydroxylation is 1. The average molecular weight is 554 g/mol. The van der Waals surface area contributed by atoms with Crippen LogP contribution < -0.4 is 10.1 Å². The van der Waals surface area contributed by atoms with Crippen LogP contribution in [0.1, 0.15) is 35.3 Å². The molecular weight excluding hydrogens is 522 g/mol. The fraction of sp³-hybridized carbons (Fsp3) is 0.407. The summed E-state index contributed by atoms with van der Waals surface area (Å²) in [5, 5.41) is 17.0. The maximum absolute atomic E-state index is 12.9. The lowest BCUT2D eigenvalue weighted by Gasteiger charge is -2.35. The second-order valence-corrected chi connectivity index (χ2v) is 9.19. The monoisotopic (exact) mass is 553 g/mol. The number of benzene rings is 1. The zero-order valence-electron chi connectivity index (χ0n) is 22.3. The Balaban J connectivity index is 1.36. The van der Waals surface area contributed by atoms with E-state index in [0.717, 1.165) is 0 Å². The number of nitrogens with zero attached hydrogens (tertiary/aromatic N) is 4. The Morgan fingerprint density at radius 2 is 1.82 bits per heavy atom. The molecule has 1 aliphatic rings. The minimum Gasteiger partial charge on any atom is -0.486 e. The largest absolute Gasteiger partial charge is 0.486 e. The number of carboxylic acid groups (broad SMARTS) is 1. The molecule has 0 aliphatic carbocycles. The summed E-state index contributed by atoms with van der Waals surface area (Å²) in [4.78, 5) is 56.9. The molecule has 4 rings (SSSR count). The van der Waals surface area contributed by atoms with Crippen molar-refractivity contribution < 1.29 is 38.3 Å². The molecule has 2 aromatic heterocycles. The van der Waals surface area contributed by atoms with Gasteiger partial charge in [0.2, 0.25) is 5.91 Å². The summed E-state index contributed by atoms with van der Waals surface area (Å²) in [6.07, 6.45) is -0.573. The number of carbonyl (C=O) groups excluding carboxylic acids is 3. The van der Waals surface area contributed by atoms with Gasteiger partial charge >= 0.3 is 12.1 Å². The number of amides is 3. The molecule has 0 radical (unpaired) electrons. The van der Waals surface area contributed by atoms with Crippen molar-refractivity contribution in [3.8, 4) is 5.75 Å². The third-order valence-corrected chi connectivity index (χ3v) is 6.40. The van der Waals surface area contributed by atoms with Crippen molar-refractivity contribution in [2.45, 2.75) is 26.9 Å². The number of ether oxygens (including phenoxy) is 2. The molecule has 1 aromatic carbocycles. The van der Waals surface area contributed by atoms with Crippen molar-refractivity contribution in [1.82, 2.24) is 25.3 Å².